The van der Waals surface area contributed by atoms with Crippen LogP contribution in [0.2, 0.25) is 0 Å². The smallest absolute Gasteiger partial charge is 0.235 e. The molecule has 0 saturated heterocycles. The number of nitrogens with one attached hydrogen (secondary N) is 1. The van der Waals surface area contributed by atoms with Gasteiger partial charge in [0, 0.05) is 5.69 Å². The molecule has 1 rings (SSSR count). The first-order valence-electron chi connectivity index (χ1n) is 4.71. The maximum absolute atomic E-state index is 11.6. The summed E-state index contributed by atoms with van der Waals surface area (Å²) in [5.74, 6) is 0. The predicted molar refractivity (Wildman–Crippen MR) is 63.3 cm³/mol. The van der Waals surface area contributed by atoms with E-state index in [9.17, 15) is 8.42 Å². The number of nitrogens with two attached hydrogens (primary N) is 1. The number of sulfonamides is 1. The zero-order valence-corrected chi connectivity index (χ0v) is 9.93. The van der Waals surface area contributed by atoms with Gasteiger partial charge < -0.3 is 5.73 Å². The zero-order valence-electron chi connectivity index (χ0n) is 9.11. The van der Waals surface area contributed by atoms with Crippen molar-refractivity contribution in [1.29, 1.82) is 0 Å². The van der Waals surface area contributed by atoms with Crippen LogP contribution < -0.4 is 10.5 Å². The van der Waals surface area contributed by atoms with E-state index in [0.717, 1.165) is 5.56 Å². The highest BCUT2D eigenvalue weighted by atomic mass is 32.2. The molecule has 0 spiro atoms. The number of anilines is 2. The Kier molecular flexibility index (Phi) is 3.24. The first kappa shape index (κ1) is 11.8. The van der Waals surface area contributed by atoms with E-state index in [0.29, 0.717) is 11.4 Å². The summed E-state index contributed by atoms with van der Waals surface area (Å²) in [6.45, 7) is 5.04. The third kappa shape index (κ3) is 2.62. The lowest BCUT2D eigenvalue weighted by atomic mass is 10.2. The van der Waals surface area contributed by atoms with Gasteiger partial charge in [0.05, 0.1) is 10.9 Å². The van der Waals surface area contributed by atoms with E-state index in [1.54, 1.807) is 39.0 Å². The fourth-order valence-corrected chi connectivity index (χ4v) is 1.80. The number of rotatable bonds is 3. The van der Waals surface area contributed by atoms with Crippen LogP contribution in [0.4, 0.5) is 11.4 Å². The molecule has 1 aromatic rings. The minimum atomic E-state index is -3.30. The molecule has 0 bridgehead atoms. The molecule has 15 heavy (non-hydrogen) atoms. The van der Waals surface area contributed by atoms with Crippen LogP contribution in [0.1, 0.15) is 19.4 Å². The van der Waals surface area contributed by atoms with Crippen molar-refractivity contribution in [3.8, 4) is 0 Å². The molecule has 0 unspecified atom stereocenters. The number of hydrogen-bond acceptors (Lipinski definition) is 3. The van der Waals surface area contributed by atoms with Gasteiger partial charge >= 0.3 is 0 Å². The summed E-state index contributed by atoms with van der Waals surface area (Å²) in [6.07, 6.45) is 0. The predicted octanol–water partition coefficient (Wildman–Crippen LogP) is 1.73. The van der Waals surface area contributed by atoms with Crippen molar-refractivity contribution in [2.45, 2.75) is 26.0 Å². The average Bonchev–Trinajstić information content (AvgIpc) is 2.12. The Bertz CT molecular complexity index is 452. The van der Waals surface area contributed by atoms with Gasteiger partial charge in [0.2, 0.25) is 10.0 Å². The summed E-state index contributed by atoms with van der Waals surface area (Å²) < 4.78 is 25.7. The normalized spacial score (nSPS) is 11.7. The van der Waals surface area contributed by atoms with E-state index in [2.05, 4.69) is 4.72 Å². The Labute approximate surface area is 90.5 Å². The van der Waals surface area contributed by atoms with Gasteiger partial charge in [-0.25, -0.2) is 8.42 Å². The molecule has 0 radical (unpaired) electrons. The molecule has 0 aliphatic rings. The second kappa shape index (κ2) is 4.10. The maximum atomic E-state index is 11.6. The lowest BCUT2D eigenvalue weighted by Crippen LogP contribution is -2.23. The summed E-state index contributed by atoms with van der Waals surface area (Å²) in [5, 5.41) is -0.460. The molecule has 84 valence electrons. The van der Waals surface area contributed by atoms with Gasteiger partial charge in [-0.1, -0.05) is 6.07 Å². The lowest BCUT2D eigenvalue weighted by molar-refractivity contribution is 0.592. The summed E-state index contributed by atoms with van der Waals surface area (Å²) in [6, 6.07) is 5.16. The highest BCUT2D eigenvalue weighted by molar-refractivity contribution is 7.93. The van der Waals surface area contributed by atoms with Crippen LogP contribution in [0.15, 0.2) is 18.2 Å². The van der Waals surface area contributed by atoms with Gasteiger partial charge in [-0.3, -0.25) is 4.72 Å². The fraction of sp³-hybridized carbons (Fsp3) is 0.400. The van der Waals surface area contributed by atoms with Gasteiger partial charge in [0.15, 0.2) is 0 Å². The topological polar surface area (TPSA) is 72.2 Å². The van der Waals surface area contributed by atoms with Crippen molar-refractivity contribution < 1.29 is 8.42 Å². The Morgan fingerprint density at radius 1 is 1.33 bits per heavy atom. The summed E-state index contributed by atoms with van der Waals surface area (Å²) in [4.78, 5) is 0. The van der Waals surface area contributed by atoms with Crippen molar-refractivity contribution in [1.82, 2.24) is 0 Å². The summed E-state index contributed by atoms with van der Waals surface area (Å²) >= 11 is 0. The summed E-state index contributed by atoms with van der Waals surface area (Å²) in [5.41, 5.74) is 7.56. The standard InChI is InChI=1S/C10H16N2O2S/c1-7(2)15(13,14)12-10-6-4-5-9(11)8(10)3/h4-7,12H,11H2,1-3H3. The Morgan fingerprint density at radius 2 is 1.93 bits per heavy atom. The molecule has 3 N–H and O–H groups in total. The maximum Gasteiger partial charge on any atom is 0.235 e. The SMILES string of the molecule is Cc1c(N)cccc1NS(=O)(=O)C(C)C. The van der Waals surface area contributed by atoms with Crippen molar-refractivity contribution in [2.75, 3.05) is 10.5 Å². The van der Waals surface area contributed by atoms with Crippen molar-refractivity contribution in [2.24, 2.45) is 0 Å². The molecule has 0 aliphatic heterocycles. The van der Waals surface area contributed by atoms with E-state index in [1.165, 1.54) is 0 Å². The molecule has 0 amide bonds. The third-order valence-corrected chi connectivity index (χ3v) is 3.99. The lowest BCUT2D eigenvalue weighted by Gasteiger charge is -2.13. The van der Waals surface area contributed by atoms with E-state index in [-0.39, 0.29) is 0 Å². The van der Waals surface area contributed by atoms with E-state index in [1.807, 2.05) is 0 Å². The van der Waals surface area contributed by atoms with Gasteiger partial charge in [0.1, 0.15) is 0 Å². The zero-order chi connectivity index (χ0) is 11.6. The second-order valence-corrected chi connectivity index (χ2v) is 5.95. The minimum Gasteiger partial charge on any atom is -0.398 e. The Balaban J connectivity index is 3.06. The summed E-state index contributed by atoms with van der Waals surface area (Å²) in [7, 11) is -3.30. The number of benzene rings is 1. The molecular formula is C10H16N2O2S. The van der Waals surface area contributed by atoms with E-state index in [4.69, 9.17) is 5.73 Å². The van der Waals surface area contributed by atoms with E-state index >= 15 is 0 Å². The van der Waals surface area contributed by atoms with Gasteiger partial charge in [-0.05, 0) is 38.5 Å². The van der Waals surface area contributed by atoms with Crippen molar-refractivity contribution in [3.63, 3.8) is 0 Å². The van der Waals surface area contributed by atoms with Gasteiger partial charge in [-0.2, -0.15) is 0 Å². The van der Waals surface area contributed by atoms with Crippen LogP contribution in [0.25, 0.3) is 0 Å². The largest absolute Gasteiger partial charge is 0.398 e. The molecule has 4 nitrogen and oxygen atoms in total. The fourth-order valence-electron chi connectivity index (χ4n) is 1.04. The van der Waals surface area contributed by atoms with E-state index < -0.39 is 15.3 Å². The molecule has 0 saturated carbocycles. The highest BCUT2D eigenvalue weighted by Gasteiger charge is 2.16. The monoisotopic (exact) mass is 228 g/mol. The van der Waals surface area contributed by atoms with Crippen LogP contribution in [0, 0.1) is 6.92 Å². The molecular weight excluding hydrogens is 212 g/mol. The number of nitrogen functional groups attached to an aromatic ring is 1. The first-order chi connectivity index (χ1) is 6.84. The quantitative estimate of drug-likeness (QED) is 0.774. The second-order valence-electron chi connectivity index (χ2n) is 3.72. The minimum absolute atomic E-state index is 0.460. The third-order valence-electron chi connectivity index (χ3n) is 2.25. The van der Waals surface area contributed by atoms with Crippen LogP contribution in [0.3, 0.4) is 0 Å². The molecule has 5 heteroatoms. The molecule has 0 aromatic heterocycles. The van der Waals surface area contributed by atoms with Crippen molar-refractivity contribution >= 4 is 21.4 Å². The van der Waals surface area contributed by atoms with Crippen LogP contribution in [0.5, 0.6) is 0 Å². The first-order valence-corrected chi connectivity index (χ1v) is 6.26. The molecule has 0 fully saturated rings. The highest BCUT2D eigenvalue weighted by Crippen LogP contribution is 2.22. The van der Waals surface area contributed by atoms with Crippen LogP contribution in [-0.4, -0.2) is 13.7 Å². The van der Waals surface area contributed by atoms with Gasteiger partial charge in [0.25, 0.3) is 0 Å². The average molecular weight is 228 g/mol. The molecule has 0 aliphatic carbocycles. The molecule has 1 aromatic carbocycles. The molecule has 0 atom stereocenters. The van der Waals surface area contributed by atoms with Crippen LogP contribution >= 0.6 is 0 Å². The van der Waals surface area contributed by atoms with Crippen LogP contribution in [-0.2, 0) is 10.0 Å². The van der Waals surface area contributed by atoms with Gasteiger partial charge in [-0.15, -0.1) is 0 Å². The Morgan fingerprint density at radius 3 is 2.47 bits per heavy atom. The van der Waals surface area contributed by atoms with Crippen molar-refractivity contribution in [3.05, 3.63) is 23.8 Å². The Hall–Kier alpha value is -1.23. The number of hydrogen-bond donors (Lipinski definition) is 2. The molecule has 0 heterocycles.